The number of imide groups is 2. The molecule has 0 spiro atoms. The van der Waals surface area contributed by atoms with Crippen molar-refractivity contribution in [2.24, 2.45) is 0 Å². The molecule has 2 aromatic rings. The van der Waals surface area contributed by atoms with Gasteiger partial charge < -0.3 is 10.1 Å². The zero-order valence-electron chi connectivity index (χ0n) is 16.3. The Balaban J connectivity index is 1.55. The number of carbonyl (C=O) groups is 5. The third kappa shape index (κ3) is 4.35. The molecular weight excluding hydrogens is 390 g/mol. The topological polar surface area (TPSA) is 122 Å². The fourth-order valence-electron chi connectivity index (χ4n) is 2.81. The highest BCUT2D eigenvalue weighted by molar-refractivity contribution is 6.21. The van der Waals surface area contributed by atoms with Gasteiger partial charge in [-0.2, -0.15) is 0 Å². The Morgan fingerprint density at radius 2 is 1.67 bits per heavy atom. The normalized spacial score (nSPS) is 13.5. The third-order valence-corrected chi connectivity index (χ3v) is 4.51. The summed E-state index contributed by atoms with van der Waals surface area (Å²) in [6, 6.07) is 12.3. The van der Waals surface area contributed by atoms with Gasteiger partial charge >= 0.3 is 12.0 Å². The molecule has 1 atom stereocenters. The van der Waals surface area contributed by atoms with Crippen LogP contribution in [-0.2, 0) is 16.1 Å². The first kappa shape index (κ1) is 20.7. The Hall–Kier alpha value is -4.01. The fourth-order valence-corrected chi connectivity index (χ4v) is 2.81. The van der Waals surface area contributed by atoms with Crippen LogP contribution in [0.25, 0.3) is 0 Å². The molecule has 0 saturated carbocycles. The lowest BCUT2D eigenvalue weighted by atomic mass is 10.1. The number of nitrogens with zero attached hydrogens (tertiary/aromatic N) is 1. The number of nitrogens with one attached hydrogen (secondary N) is 2. The van der Waals surface area contributed by atoms with Crippen LogP contribution in [-0.4, -0.2) is 47.8 Å². The summed E-state index contributed by atoms with van der Waals surface area (Å²) in [5.74, 6) is -2.64. The second-order valence-electron chi connectivity index (χ2n) is 6.63. The highest BCUT2D eigenvalue weighted by Gasteiger charge is 2.33. The Morgan fingerprint density at radius 1 is 1.00 bits per heavy atom. The van der Waals surface area contributed by atoms with Gasteiger partial charge in [-0.1, -0.05) is 30.3 Å². The Labute approximate surface area is 172 Å². The van der Waals surface area contributed by atoms with Crippen LogP contribution in [0, 0.1) is 0 Å². The van der Waals surface area contributed by atoms with Crippen molar-refractivity contribution in [1.82, 2.24) is 15.5 Å². The lowest BCUT2D eigenvalue weighted by Gasteiger charge is -2.13. The summed E-state index contributed by atoms with van der Waals surface area (Å²) in [6.07, 6.45) is -1.26. The molecule has 0 saturated heterocycles. The van der Waals surface area contributed by atoms with Crippen molar-refractivity contribution in [1.29, 1.82) is 0 Å². The summed E-state index contributed by atoms with van der Waals surface area (Å²) in [5, 5.41) is 4.62. The minimum Gasteiger partial charge on any atom is -0.449 e. The average molecular weight is 409 g/mol. The molecule has 0 aliphatic carbocycles. The molecule has 9 heteroatoms. The molecule has 154 valence electrons. The number of amides is 5. The average Bonchev–Trinajstić information content (AvgIpc) is 2.96. The largest absolute Gasteiger partial charge is 0.449 e. The van der Waals surface area contributed by atoms with E-state index >= 15 is 0 Å². The maximum atomic E-state index is 12.3. The molecule has 5 amide bonds. The number of rotatable bonds is 5. The van der Waals surface area contributed by atoms with Gasteiger partial charge in [0.2, 0.25) is 0 Å². The number of benzene rings is 2. The SMILES string of the molecule is CC(OC(=O)c1ccc2c(c1)C(=O)N(C)C2=O)C(=O)NC(=O)NCc1ccccc1. The second kappa shape index (κ2) is 8.56. The van der Waals surface area contributed by atoms with E-state index in [-0.39, 0.29) is 23.2 Å². The van der Waals surface area contributed by atoms with E-state index in [2.05, 4.69) is 10.6 Å². The summed E-state index contributed by atoms with van der Waals surface area (Å²) in [4.78, 5) is 61.2. The fraction of sp³-hybridized carbons (Fsp3) is 0.190. The predicted molar refractivity (Wildman–Crippen MR) is 105 cm³/mol. The minimum absolute atomic E-state index is 0.0124. The van der Waals surface area contributed by atoms with Gasteiger partial charge in [-0.05, 0) is 30.7 Å². The summed E-state index contributed by atoms with van der Waals surface area (Å²) in [7, 11) is 1.35. The molecule has 3 rings (SSSR count). The van der Waals surface area contributed by atoms with E-state index in [0.717, 1.165) is 10.5 Å². The summed E-state index contributed by atoms with van der Waals surface area (Å²) >= 11 is 0. The van der Waals surface area contributed by atoms with Crippen molar-refractivity contribution in [3.63, 3.8) is 0 Å². The number of hydrogen-bond donors (Lipinski definition) is 2. The molecule has 0 bridgehead atoms. The van der Waals surface area contributed by atoms with Crippen molar-refractivity contribution in [3.05, 3.63) is 70.8 Å². The van der Waals surface area contributed by atoms with Gasteiger partial charge in [-0.15, -0.1) is 0 Å². The zero-order valence-corrected chi connectivity index (χ0v) is 16.3. The summed E-state index contributed by atoms with van der Waals surface area (Å²) in [6.45, 7) is 1.54. The van der Waals surface area contributed by atoms with E-state index in [1.165, 1.54) is 32.2 Å². The van der Waals surface area contributed by atoms with Gasteiger partial charge in [0.15, 0.2) is 6.10 Å². The highest BCUT2D eigenvalue weighted by atomic mass is 16.5. The lowest BCUT2D eigenvalue weighted by Crippen LogP contribution is -2.44. The van der Waals surface area contributed by atoms with Crippen LogP contribution < -0.4 is 10.6 Å². The molecule has 1 aliphatic rings. The molecule has 2 aromatic carbocycles. The van der Waals surface area contributed by atoms with E-state index < -0.39 is 35.8 Å². The van der Waals surface area contributed by atoms with Crippen molar-refractivity contribution in [2.45, 2.75) is 19.6 Å². The van der Waals surface area contributed by atoms with E-state index in [1.807, 2.05) is 30.3 Å². The van der Waals surface area contributed by atoms with Crippen LogP contribution in [0.2, 0.25) is 0 Å². The number of fused-ring (bicyclic) bond motifs is 1. The number of hydrogen-bond acceptors (Lipinski definition) is 6. The standard InChI is InChI=1S/C21H19N3O6/c1-12(17(25)23-21(29)22-11-13-6-4-3-5-7-13)30-20(28)14-8-9-15-16(10-14)19(27)24(2)18(15)26/h3-10,12H,11H2,1-2H3,(H2,22,23,25,29). The Morgan fingerprint density at radius 3 is 2.37 bits per heavy atom. The van der Waals surface area contributed by atoms with E-state index in [9.17, 15) is 24.0 Å². The number of urea groups is 1. The van der Waals surface area contributed by atoms with Crippen molar-refractivity contribution in [3.8, 4) is 0 Å². The summed E-state index contributed by atoms with van der Waals surface area (Å²) in [5.41, 5.74) is 1.16. The van der Waals surface area contributed by atoms with Crippen molar-refractivity contribution < 1.29 is 28.7 Å². The first-order chi connectivity index (χ1) is 14.3. The molecular formula is C21H19N3O6. The van der Waals surface area contributed by atoms with Crippen molar-refractivity contribution >= 4 is 29.7 Å². The number of ether oxygens (including phenoxy) is 1. The maximum absolute atomic E-state index is 12.3. The maximum Gasteiger partial charge on any atom is 0.338 e. The first-order valence-corrected chi connectivity index (χ1v) is 9.08. The van der Waals surface area contributed by atoms with E-state index in [1.54, 1.807) is 0 Å². The van der Waals surface area contributed by atoms with Gasteiger partial charge in [0.1, 0.15) is 0 Å². The van der Waals surface area contributed by atoms with E-state index in [0.29, 0.717) is 0 Å². The number of carbonyl (C=O) groups excluding carboxylic acids is 5. The van der Waals surface area contributed by atoms with Crippen molar-refractivity contribution in [2.75, 3.05) is 7.05 Å². The Bertz CT molecular complexity index is 1030. The number of esters is 1. The molecule has 1 aliphatic heterocycles. The molecule has 1 heterocycles. The van der Waals surface area contributed by atoms with Gasteiger partial charge in [0.05, 0.1) is 16.7 Å². The molecule has 0 radical (unpaired) electrons. The molecule has 9 nitrogen and oxygen atoms in total. The van der Waals surface area contributed by atoms with Gasteiger partial charge in [0, 0.05) is 13.6 Å². The summed E-state index contributed by atoms with van der Waals surface area (Å²) < 4.78 is 5.07. The van der Waals surface area contributed by atoms with Gasteiger partial charge in [0.25, 0.3) is 17.7 Å². The molecule has 1 unspecified atom stereocenters. The first-order valence-electron chi connectivity index (χ1n) is 9.08. The monoisotopic (exact) mass is 409 g/mol. The molecule has 0 aromatic heterocycles. The molecule has 30 heavy (non-hydrogen) atoms. The minimum atomic E-state index is -1.26. The van der Waals surface area contributed by atoms with Crippen LogP contribution in [0.3, 0.4) is 0 Å². The smallest absolute Gasteiger partial charge is 0.338 e. The van der Waals surface area contributed by atoms with Crippen LogP contribution >= 0.6 is 0 Å². The molecule has 2 N–H and O–H groups in total. The highest BCUT2D eigenvalue weighted by Crippen LogP contribution is 2.23. The zero-order chi connectivity index (χ0) is 21.8. The van der Waals surface area contributed by atoms with Crippen LogP contribution in [0.1, 0.15) is 43.6 Å². The third-order valence-electron chi connectivity index (χ3n) is 4.51. The lowest BCUT2D eigenvalue weighted by molar-refractivity contribution is -0.127. The van der Waals surface area contributed by atoms with Crippen LogP contribution in [0.5, 0.6) is 0 Å². The second-order valence-corrected chi connectivity index (χ2v) is 6.63. The van der Waals surface area contributed by atoms with Gasteiger partial charge in [-0.3, -0.25) is 24.6 Å². The van der Waals surface area contributed by atoms with Crippen LogP contribution in [0.15, 0.2) is 48.5 Å². The quantitative estimate of drug-likeness (QED) is 0.570. The van der Waals surface area contributed by atoms with Crippen LogP contribution in [0.4, 0.5) is 4.79 Å². The van der Waals surface area contributed by atoms with E-state index in [4.69, 9.17) is 4.74 Å². The molecule has 0 fully saturated rings. The predicted octanol–water partition coefficient (Wildman–Crippen LogP) is 1.48. The van der Waals surface area contributed by atoms with Gasteiger partial charge in [-0.25, -0.2) is 9.59 Å². The Kier molecular flexibility index (Phi) is 5.91.